The second-order valence-electron chi connectivity index (χ2n) is 6.84. The van der Waals surface area contributed by atoms with E-state index in [1.807, 2.05) is 24.3 Å². The predicted octanol–water partition coefficient (Wildman–Crippen LogP) is 4.57. The molecule has 2 atom stereocenters. The molecule has 124 valence electrons. The fourth-order valence-corrected chi connectivity index (χ4v) is 4.87. The van der Waals surface area contributed by atoms with Crippen LogP contribution in [0.5, 0.6) is 0 Å². The van der Waals surface area contributed by atoms with E-state index in [0.29, 0.717) is 16.7 Å². The molecule has 0 aliphatic heterocycles. The molecule has 0 amide bonds. The molecule has 4 heteroatoms. The SMILES string of the molecule is CS(=O)(=O)c1ccc(C2=C(c3ccc(F)cc3)C3CCC2C3)cc1. The molecule has 1 fully saturated rings. The molecule has 2 aromatic rings. The number of sulfone groups is 1. The minimum absolute atomic E-state index is 0.221. The van der Waals surface area contributed by atoms with E-state index < -0.39 is 9.84 Å². The lowest BCUT2D eigenvalue weighted by molar-refractivity contribution is 0.602. The number of halogens is 1. The molecule has 2 aromatic carbocycles. The largest absolute Gasteiger partial charge is 0.224 e. The summed E-state index contributed by atoms with van der Waals surface area (Å²) >= 11 is 0. The zero-order valence-electron chi connectivity index (χ0n) is 13.5. The van der Waals surface area contributed by atoms with Gasteiger partial charge >= 0.3 is 0 Å². The summed E-state index contributed by atoms with van der Waals surface area (Å²) in [4.78, 5) is 0.346. The van der Waals surface area contributed by atoms with Gasteiger partial charge in [-0.25, -0.2) is 12.8 Å². The lowest BCUT2D eigenvalue weighted by Crippen LogP contribution is -2.03. The molecule has 0 spiro atoms. The van der Waals surface area contributed by atoms with Gasteiger partial charge in [0.15, 0.2) is 9.84 Å². The summed E-state index contributed by atoms with van der Waals surface area (Å²) in [6.07, 6.45) is 4.74. The van der Waals surface area contributed by atoms with E-state index in [9.17, 15) is 12.8 Å². The molecule has 24 heavy (non-hydrogen) atoms. The predicted molar refractivity (Wildman–Crippen MR) is 93.6 cm³/mol. The molecule has 0 heterocycles. The lowest BCUT2D eigenvalue weighted by Gasteiger charge is -2.21. The lowest BCUT2D eigenvalue weighted by atomic mass is 9.84. The second kappa shape index (κ2) is 5.55. The topological polar surface area (TPSA) is 34.1 Å². The Morgan fingerprint density at radius 2 is 1.29 bits per heavy atom. The summed E-state index contributed by atoms with van der Waals surface area (Å²) in [5.41, 5.74) is 4.82. The van der Waals surface area contributed by atoms with Gasteiger partial charge in [0, 0.05) is 6.26 Å². The van der Waals surface area contributed by atoms with Crippen LogP contribution in [0, 0.1) is 17.7 Å². The Morgan fingerprint density at radius 1 is 0.833 bits per heavy atom. The summed E-state index contributed by atoms with van der Waals surface area (Å²) in [7, 11) is -3.18. The first-order chi connectivity index (χ1) is 11.4. The number of hydrogen-bond acceptors (Lipinski definition) is 2. The van der Waals surface area contributed by atoms with Crippen molar-refractivity contribution < 1.29 is 12.8 Å². The highest BCUT2D eigenvalue weighted by Crippen LogP contribution is 2.55. The van der Waals surface area contributed by atoms with Crippen molar-refractivity contribution >= 4 is 21.0 Å². The smallest absolute Gasteiger partial charge is 0.175 e. The van der Waals surface area contributed by atoms with Gasteiger partial charge in [-0.1, -0.05) is 24.3 Å². The van der Waals surface area contributed by atoms with Crippen molar-refractivity contribution in [3.63, 3.8) is 0 Å². The Kier molecular flexibility index (Phi) is 3.61. The van der Waals surface area contributed by atoms with Gasteiger partial charge in [-0.15, -0.1) is 0 Å². The zero-order chi connectivity index (χ0) is 16.9. The number of rotatable bonds is 3. The van der Waals surface area contributed by atoms with E-state index in [1.54, 1.807) is 12.1 Å². The van der Waals surface area contributed by atoms with Crippen molar-refractivity contribution in [1.29, 1.82) is 0 Å². The minimum atomic E-state index is -3.18. The Morgan fingerprint density at radius 3 is 1.75 bits per heavy atom. The van der Waals surface area contributed by atoms with Crippen LogP contribution in [0.25, 0.3) is 11.1 Å². The van der Waals surface area contributed by atoms with Gasteiger partial charge < -0.3 is 0 Å². The highest BCUT2D eigenvalue weighted by Gasteiger charge is 2.39. The first-order valence-corrected chi connectivity index (χ1v) is 10.1. The summed E-state index contributed by atoms with van der Waals surface area (Å²) in [6.45, 7) is 0. The number of fused-ring (bicyclic) bond motifs is 2. The molecule has 0 aromatic heterocycles. The van der Waals surface area contributed by atoms with Crippen LogP contribution in [0.15, 0.2) is 53.4 Å². The van der Waals surface area contributed by atoms with Gasteiger partial charge in [-0.3, -0.25) is 0 Å². The van der Waals surface area contributed by atoms with Gasteiger partial charge in [-0.2, -0.15) is 0 Å². The van der Waals surface area contributed by atoms with E-state index in [-0.39, 0.29) is 5.82 Å². The average molecular weight is 342 g/mol. The second-order valence-corrected chi connectivity index (χ2v) is 8.85. The summed E-state index contributed by atoms with van der Waals surface area (Å²) < 4.78 is 36.6. The third-order valence-electron chi connectivity index (χ3n) is 5.29. The monoisotopic (exact) mass is 342 g/mol. The van der Waals surface area contributed by atoms with Crippen molar-refractivity contribution in [2.24, 2.45) is 11.8 Å². The van der Waals surface area contributed by atoms with Crippen LogP contribution in [0.2, 0.25) is 0 Å². The molecule has 2 unspecified atom stereocenters. The molecule has 2 aliphatic rings. The summed E-state index contributed by atoms with van der Waals surface area (Å²) in [5, 5.41) is 0. The van der Waals surface area contributed by atoms with Crippen LogP contribution in [0.4, 0.5) is 4.39 Å². The maximum atomic E-state index is 13.3. The maximum Gasteiger partial charge on any atom is 0.175 e. The van der Waals surface area contributed by atoms with Crippen molar-refractivity contribution in [2.45, 2.75) is 24.2 Å². The van der Waals surface area contributed by atoms with Crippen LogP contribution in [0.1, 0.15) is 30.4 Å². The Hall–Kier alpha value is -1.94. The number of benzene rings is 2. The van der Waals surface area contributed by atoms with Crippen molar-refractivity contribution in [1.82, 2.24) is 0 Å². The Bertz CT molecular complexity index is 909. The molecule has 4 rings (SSSR count). The first kappa shape index (κ1) is 15.6. The Labute approximate surface area is 141 Å². The summed E-state index contributed by atoms with van der Waals surface area (Å²) in [5.74, 6) is 0.839. The molecule has 0 saturated heterocycles. The van der Waals surface area contributed by atoms with Gasteiger partial charge in [0.1, 0.15) is 5.82 Å². The highest BCUT2D eigenvalue weighted by molar-refractivity contribution is 7.90. The number of allylic oxidation sites excluding steroid dienone is 2. The van der Waals surface area contributed by atoms with Crippen LogP contribution in [0.3, 0.4) is 0 Å². The van der Waals surface area contributed by atoms with Gasteiger partial charge in [0.05, 0.1) is 4.90 Å². The maximum absolute atomic E-state index is 13.3. The fraction of sp³-hybridized carbons (Fsp3) is 0.300. The van der Waals surface area contributed by atoms with Crippen molar-refractivity contribution in [3.8, 4) is 0 Å². The first-order valence-electron chi connectivity index (χ1n) is 8.24. The molecule has 2 bridgehead atoms. The quantitative estimate of drug-likeness (QED) is 0.819. The van der Waals surface area contributed by atoms with Crippen molar-refractivity contribution in [2.75, 3.05) is 6.26 Å². The normalized spacial score (nSPS) is 23.1. The zero-order valence-corrected chi connectivity index (χ0v) is 14.3. The third-order valence-corrected chi connectivity index (χ3v) is 6.42. The van der Waals surface area contributed by atoms with E-state index in [1.165, 1.54) is 42.4 Å². The Balaban J connectivity index is 1.82. The molecule has 0 N–H and O–H groups in total. The van der Waals surface area contributed by atoms with Crippen LogP contribution >= 0.6 is 0 Å². The number of hydrogen-bond donors (Lipinski definition) is 0. The fourth-order valence-electron chi connectivity index (χ4n) is 4.24. The highest BCUT2D eigenvalue weighted by atomic mass is 32.2. The van der Waals surface area contributed by atoms with Crippen LogP contribution in [-0.4, -0.2) is 14.7 Å². The molecular weight excluding hydrogens is 323 g/mol. The summed E-state index contributed by atoms with van der Waals surface area (Å²) in [6, 6.07) is 13.9. The standard InChI is InChI=1S/C20H19FO2S/c1-24(22,23)18-10-6-14(7-11-18)20-16-3-2-15(12-16)19(20)13-4-8-17(21)9-5-13/h4-11,15-16H,2-3,12H2,1H3. The average Bonchev–Trinajstić information content (AvgIpc) is 3.16. The molecule has 0 radical (unpaired) electrons. The van der Waals surface area contributed by atoms with Gasteiger partial charge in [0.2, 0.25) is 0 Å². The van der Waals surface area contributed by atoms with Crippen molar-refractivity contribution in [3.05, 3.63) is 65.5 Å². The molecule has 1 saturated carbocycles. The van der Waals surface area contributed by atoms with Gasteiger partial charge in [0.25, 0.3) is 0 Å². The molecule has 2 nitrogen and oxygen atoms in total. The molecule has 2 aliphatic carbocycles. The van der Waals surface area contributed by atoms with E-state index in [2.05, 4.69) is 0 Å². The van der Waals surface area contributed by atoms with Crippen LogP contribution in [-0.2, 0) is 9.84 Å². The molecular formula is C20H19FO2S. The van der Waals surface area contributed by atoms with E-state index in [4.69, 9.17) is 0 Å². The minimum Gasteiger partial charge on any atom is -0.224 e. The van der Waals surface area contributed by atoms with Gasteiger partial charge in [-0.05, 0) is 77.6 Å². The van der Waals surface area contributed by atoms with Crippen LogP contribution < -0.4 is 0 Å². The van der Waals surface area contributed by atoms with E-state index >= 15 is 0 Å². The van der Waals surface area contributed by atoms with E-state index in [0.717, 1.165) is 17.5 Å². The third kappa shape index (κ3) is 2.59.